The number of hydrogen-bond donors (Lipinski definition) is 1. The van der Waals surface area contributed by atoms with Gasteiger partial charge in [0.1, 0.15) is 6.04 Å². The molecule has 20 heavy (non-hydrogen) atoms. The van der Waals surface area contributed by atoms with E-state index in [-0.39, 0.29) is 12.0 Å². The summed E-state index contributed by atoms with van der Waals surface area (Å²) < 4.78 is 4.69. The van der Waals surface area contributed by atoms with E-state index in [1.54, 1.807) is 0 Å². The molecule has 0 amide bonds. The summed E-state index contributed by atoms with van der Waals surface area (Å²) in [7, 11) is 1.41. The second kappa shape index (κ2) is 7.29. The smallest absolute Gasteiger partial charge is 0.322 e. The standard InChI is InChI=1S/C16H24N2O2/c1-13(16(19)20-2)17-12-14-6-8-15(9-7-14)18-10-4-3-5-11-18/h6-9,13,17H,3-5,10-12H2,1-2H3. The molecule has 0 radical (unpaired) electrons. The molecule has 0 spiro atoms. The molecule has 1 heterocycles. The quantitative estimate of drug-likeness (QED) is 0.838. The summed E-state index contributed by atoms with van der Waals surface area (Å²) in [5.74, 6) is -0.227. The van der Waals surface area contributed by atoms with Crippen molar-refractivity contribution in [1.29, 1.82) is 0 Å². The molecule has 1 N–H and O–H groups in total. The Morgan fingerprint density at radius 3 is 2.50 bits per heavy atom. The number of carbonyl (C=O) groups excluding carboxylic acids is 1. The average molecular weight is 276 g/mol. The molecular formula is C16H24N2O2. The SMILES string of the molecule is COC(=O)C(C)NCc1ccc(N2CCCCC2)cc1. The molecule has 1 aliphatic rings. The van der Waals surface area contributed by atoms with Crippen molar-refractivity contribution < 1.29 is 9.53 Å². The van der Waals surface area contributed by atoms with Gasteiger partial charge in [-0.05, 0) is 43.9 Å². The van der Waals surface area contributed by atoms with Crippen LogP contribution in [0.1, 0.15) is 31.7 Å². The number of piperidine rings is 1. The van der Waals surface area contributed by atoms with Gasteiger partial charge in [-0.3, -0.25) is 4.79 Å². The van der Waals surface area contributed by atoms with E-state index < -0.39 is 0 Å². The van der Waals surface area contributed by atoms with Crippen LogP contribution in [-0.4, -0.2) is 32.2 Å². The fraction of sp³-hybridized carbons (Fsp3) is 0.562. The van der Waals surface area contributed by atoms with Crippen molar-refractivity contribution in [2.45, 2.75) is 38.8 Å². The van der Waals surface area contributed by atoms with Crippen molar-refractivity contribution >= 4 is 11.7 Å². The molecule has 1 saturated heterocycles. The minimum absolute atomic E-state index is 0.227. The Bertz CT molecular complexity index is 425. The lowest BCUT2D eigenvalue weighted by Crippen LogP contribution is -2.34. The molecule has 1 unspecified atom stereocenters. The second-order valence-electron chi connectivity index (χ2n) is 5.34. The summed E-state index contributed by atoms with van der Waals surface area (Å²) in [5.41, 5.74) is 2.48. The largest absolute Gasteiger partial charge is 0.468 e. The Morgan fingerprint density at radius 2 is 1.90 bits per heavy atom. The Kier molecular flexibility index (Phi) is 5.41. The first kappa shape index (κ1) is 14.9. The monoisotopic (exact) mass is 276 g/mol. The molecule has 0 bridgehead atoms. The van der Waals surface area contributed by atoms with Gasteiger partial charge in [0, 0.05) is 25.3 Å². The van der Waals surface area contributed by atoms with E-state index in [9.17, 15) is 4.79 Å². The molecule has 1 aromatic rings. The van der Waals surface area contributed by atoms with E-state index in [4.69, 9.17) is 4.74 Å². The molecular weight excluding hydrogens is 252 g/mol. The maximum atomic E-state index is 11.3. The normalized spacial score (nSPS) is 16.8. The van der Waals surface area contributed by atoms with Crippen molar-refractivity contribution in [2.24, 2.45) is 0 Å². The summed E-state index contributed by atoms with van der Waals surface area (Å²) in [5, 5.41) is 3.16. The van der Waals surface area contributed by atoms with E-state index in [0.717, 1.165) is 13.1 Å². The zero-order valence-corrected chi connectivity index (χ0v) is 12.4. The molecule has 4 heteroatoms. The van der Waals surface area contributed by atoms with Gasteiger partial charge in [0.25, 0.3) is 0 Å². The number of methoxy groups -OCH3 is 1. The van der Waals surface area contributed by atoms with E-state index >= 15 is 0 Å². The Balaban J connectivity index is 1.86. The maximum absolute atomic E-state index is 11.3. The lowest BCUT2D eigenvalue weighted by molar-refractivity contribution is -0.142. The van der Waals surface area contributed by atoms with Crippen LogP contribution < -0.4 is 10.2 Å². The molecule has 110 valence electrons. The molecule has 1 atom stereocenters. The van der Waals surface area contributed by atoms with Crippen molar-refractivity contribution in [3.63, 3.8) is 0 Å². The summed E-state index contributed by atoms with van der Waals surface area (Å²) in [6.07, 6.45) is 3.93. The highest BCUT2D eigenvalue weighted by Gasteiger charge is 2.12. The van der Waals surface area contributed by atoms with Crippen LogP contribution in [0.25, 0.3) is 0 Å². The predicted molar refractivity (Wildman–Crippen MR) is 80.8 cm³/mol. The van der Waals surface area contributed by atoms with Crippen molar-refractivity contribution in [1.82, 2.24) is 5.32 Å². The van der Waals surface area contributed by atoms with E-state index in [1.807, 2.05) is 6.92 Å². The van der Waals surface area contributed by atoms with E-state index in [0.29, 0.717) is 6.54 Å². The second-order valence-corrected chi connectivity index (χ2v) is 5.34. The van der Waals surface area contributed by atoms with E-state index in [1.165, 1.54) is 37.6 Å². The summed E-state index contributed by atoms with van der Waals surface area (Å²) in [6.45, 7) is 4.82. The first-order valence-electron chi connectivity index (χ1n) is 7.36. The van der Waals surface area contributed by atoms with Gasteiger partial charge in [-0.15, -0.1) is 0 Å². The van der Waals surface area contributed by atoms with Crippen LogP contribution in [0, 0.1) is 0 Å². The number of ether oxygens (including phenoxy) is 1. The fourth-order valence-corrected chi connectivity index (χ4v) is 2.51. The third kappa shape index (κ3) is 3.97. The van der Waals surface area contributed by atoms with Gasteiger partial charge in [0.15, 0.2) is 0 Å². The number of anilines is 1. The Labute approximate surface area is 121 Å². The van der Waals surface area contributed by atoms with Crippen LogP contribution >= 0.6 is 0 Å². The highest BCUT2D eigenvalue weighted by molar-refractivity contribution is 5.75. The van der Waals surface area contributed by atoms with Gasteiger partial charge < -0.3 is 15.0 Å². The average Bonchev–Trinajstić information content (AvgIpc) is 2.53. The molecule has 1 fully saturated rings. The first-order valence-corrected chi connectivity index (χ1v) is 7.36. The summed E-state index contributed by atoms with van der Waals surface area (Å²) >= 11 is 0. The molecule has 0 aliphatic carbocycles. The van der Waals surface area contributed by atoms with Gasteiger partial charge in [-0.2, -0.15) is 0 Å². The summed E-state index contributed by atoms with van der Waals surface area (Å²) in [6, 6.07) is 8.32. The van der Waals surface area contributed by atoms with E-state index in [2.05, 4.69) is 34.5 Å². The fourth-order valence-electron chi connectivity index (χ4n) is 2.51. The van der Waals surface area contributed by atoms with Crippen molar-refractivity contribution in [3.8, 4) is 0 Å². The van der Waals surface area contributed by atoms with Gasteiger partial charge in [0.2, 0.25) is 0 Å². The zero-order valence-electron chi connectivity index (χ0n) is 12.4. The number of esters is 1. The minimum Gasteiger partial charge on any atom is -0.468 e. The van der Waals surface area contributed by atoms with Gasteiger partial charge >= 0.3 is 5.97 Å². The Hall–Kier alpha value is -1.55. The highest BCUT2D eigenvalue weighted by atomic mass is 16.5. The third-order valence-electron chi connectivity index (χ3n) is 3.82. The number of nitrogens with zero attached hydrogens (tertiary/aromatic N) is 1. The number of nitrogens with one attached hydrogen (secondary N) is 1. The number of carbonyl (C=O) groups is 1. The van der Waals surface area contributed by atoms with Crippen LogP contribution in [0.15, 0.2) is 24.3 Å². The lowest BCUT2D eigenvalue weighted by Gasteiger charge is -2.28. The van der Waals surface area contributed by atoms with Crippen LogP contribution in [-0.2, 0) is 16.1 Å². The van der Waals surface area contributed by atoms with Gasteiger partial charge in [0.05, 0.1) is 7.11 Å². The molecule has 1 aliphatic heterocycles. The first-order chi connectivity index (χ1) is 9.70. The van der Waals surface area contributed by atoms with Crippen LogP contribution in [0.3, 0.4) is 0 Å². The molecule has 1 aromatic carbocycles. The number of benzene rings is 1. The molecule has 4 nitrogen and oxygen atoms in total. The minimum atomic E-state index is -0.276. The van der Waals surface area contributed by atoms with Crippen molar-refractivity contribution in [2.75, 3.05) is 25.1 Å². The summed E-state index contributed by atoms with van der Waals surface area (Å²) in [4.78, 5) is 13.7. The molecule has 0 aromatic heterocycles. The van der Waals surface area contributed by atoms with Crippen molar-refractivity contribution in [3.05, 3.63) is 29.8 Å². The Morgan fingerprint density at radius 1 is 1.25 bits per heavy atom. The number of rotatable bonds is 5. The van der Waals surface area contributed by atoms with Crippen LogP contribution in [0.4, 0.5) is 5.69 Å². The molecule has 2 rings (SSSR count). The maximum Gasteiger partial charge on any atom is 0.322 e. The van der Waals surface area contributed by atoms with Crippen LogP contribution in [0.2, 0.25) is 0 Å². The molecule has 0 saturated carbocycles. The van der Waals surface area contributed by atoms with Gasteiger partial charge in [-0.25, -0.2) is 0 Å². The van der Waals surface area contributed by atoms with Crippen LogP contribution in [0.5, 0.6) is 0 Å². The third-order valence-corrected chi connectivity index (χ3v) is 3.82. The van der Waals surface area contributed by atoms with Gasteiger partial charge in [-0.1, -0.05) is 12.1 Å². The topological polar surface area (TPSA) is 41.6 Å². The number of hydrogen-bond acceptors (Lipinski definition) is 4. The highest BCUT2D eigenvalue weighted by Crippen LogP contribution is 2.20. The predicted octanol–water partition coefficient (Wildman–Crippen LogP) is 2.33. The zero-order chi connectivity index (χ0) is 14.4. The lowest BCUT2D eigenvalue weighted by atomic mass is 10.1.